The van der Waals surface area contributed by atoms with Crippen LogP contribution in [0.2, 0.25) is 0 Å². The number of para-hydroxylation sites is 1. The van der Waals surface area contributed by atoms with Gasteiger partial charge >= 0.3 is 6.03 Å². The maximum Gasteiger partial charge on any atom is 0.317 e. The monoisotopic (exact) mass is 288 g/mol. The van der Waals surface area contributed by atoms with Crippen molar-refractivity contribution in [3.63, 3.8) is 0 Å². The molecule has 0 aliphatic carbocycles. The fourth-order valence-corrected chi connectivity index (χ4v) is 3.06. The number of piperazine rings is 1. The fraction of sp³-hybridized carbons (Fsp3) is 0.562. The lowest BCUT2D eigenvalue weighted by Crippen LogP contribution is -2.44. The molecule has 2 aliphatic heterocycles. The van der Waals surface area contributed by atoms with Crippen molar-refractivity contribution in [1.82, 2.24) is 15.1 Å². The summed E-state index contributed by atoms with van der Waals surface area (Å²) >= 11 is 0. The Morgan fingerprint density at radius 3 is 2.57 bits per heavy atom. The molecule has 114 valence electrons. The summed E-state index contributed by atoms with van der Waals surface area (Å²) in [4.78, 5) is 18.4. The van der Waals surface area contributed by atoms with E-state index >= 15 is 0 Å². The van der Waals surface area contributed by atoms with Gasteiger partial charge in [-0.05, 0) is 25.1 Å². The number of anilines is 1. The summed E-state index contributed by atoms with van der Waals surface area (Å²) in [6.45, 7) is 6.80. The largest absolute Gasteiger partial charge is 0.369 e. The van der Waals surface area contributed by atoms with Gasteiger partial charge in [-0.2, -0.15) is 0 Å². The van der Waals surface area contributed by atoms with Gasteiger partial charge in [0.2, 0.25) is 0 Å². The molecular weight excluding hydrogens is 264 g/mol. The van der Waals surface area contributed by atoms with Gasteiger partial charge < -0.3 is 20.0 Å². The maximum absolute atomic E-state index is 11.6. The fourth-order valence-electron chi connectivity index (χ4n) is 3.06. The minimum Gasteiger partial charge on any atom is -0.369 e. The van der Waals surface area contributed by atoms with Crippen molar-refractivity contribution in [1.29, 1.82) is 0 Å². The molecule has 1 N–H and O–H groups in total. The van der Waals surface area contributed by atoms with E-state index < -0.39 is 0 Å². The summed E-state index contributed by atoms with van der Waals surface area (Å²) in [6, 6.07) is 8.69. The average Bonchev–Trinajstić information content (AvgIpc) is 2.92. The number of rotatable bonds is 4. The molecule has 21 heavy (non-hydrogen) atoms. The SMILES string of the molecule is CN1CCN(c2ccccc2CCN2CCNC2=O)CC1. The summed E-state index contributed by atoms with van der Waals surface area (Å²) < 4.78 is 0. The highest BCUT2D eigenvalue weighted by Gasteiger charge is 2.20. The number of benzene rings is 1. The second kappa shape index (κ2) is 6.35. The highest BCUT2D eigenvalue weighted by molar-refractivity contribution is 5.76. The van der Waals surface area contributed by atoms with Crippen LogP contribution in [-0.4, -0.2) is 68.7 Å². The molecule has 1 aromatic rings. The van der Waals surface area contributed by atoms with E-state index in [1.54, 1.807) is 0 Å². The number of hydrogen-bond acceptors (Lipinski definition) is 3. The van der Waals surface area contributed by atoms with Crippen LogP contribution < -0.4 is 10.2 Å². The van der Waals surface area contributed by atoms with Crippen LogP contribution in [0.25, 0.3) is 0 Å². The zero-order valence-corrected chi connectivity index (χ0v) is 12.7. The molecule has 0 spiro atoms. The summed E-state index contributed by atoms with van der Waals surface area (Å²) in [5, 5.41) is 2.86. The van der Waals surface area contributed by atoms with Gasteiger partial charge in [-0.25, -0.2) is 4.79 Å². The molecule has 0 atom stereocenters. The Morgan fingerprint density at radius 2 is 1.86 bits per heavy atom. The summed E-state index contributed by atoms with van der Waals surface area (Å²) in [7, 11) is 2.18. The molecular formula is C16H24N4O. The third-order valence-corrected chi connectivity index (χ3v) is 4.43. The van der Waals surface area contributed by atoms with Gasteiger partial charge in [0, 0.05) is 51.5 Å². The lowest BCUT2D eigenvalue weighted by molar-refractivity contribution is 0.218. The van der Waals surface area contributed by atoms with Crippen molar-refractivity contribution in [2.24, 2.45) is 0 Å². The van der Waals surface area contributed by atoms with Crippen LogP contribution in [0.3, 0.4) is 0 Å². The van der Waals surface area contributed by atoms with Crippen molar-refractivity contribution in [2.75, 3.05) is 57.8 Å². The molecule has 5 nitrogen and oxygen atoms in total. The molecule has 2 heterocycles. The lowest BCUT2D eigenvalue weighted by Gasteiger charge is -2.35. The van der Waals surface area contributed by atoms with E-state index in [4.69, 9.17) is 0 Å². The van der Waals surface area contributed by atoms with Crippen molar-refractivity contribution in [2.45, 2.75) is 6.42 Å². The Hall–Kier alpha value is -1.75. The zero-order chi connectivity index (χ0) is 14.7. The molecule has 0 unspecified atom stereocenters. The van der Waals surface area contributed by atoms with E-state index in [2.05, 4.69) is 46.4 Å². The molecule has 3 rings (SSSR count). The number of hydrogen-bond donors (Lipinski definition) is 1. The van der Waals surface area contributed by atoms with Gasteiger partial charge in [-0.15, -0.1) is 0 Å². The predicted molar refractivity (Wildman–Crippen MR) is 84.8 cm³/mol. The number of likely N-dealkylation sites (N-methyl/N-ethyl adjacent to an activating group) is 1. The maximum atomic E-state index is 11.6. The van der Waals surface area contributed by atoms with Crippen LogP contribution in [0, 0.1) is 0 Å². The second-order valence-electron chi connectivity index (χ2n) is 5.89. The van der Waals surface area contributed by atoms with E-state index in [1.807, 2.05) is 4.90 Å². The third kappa shape index (κ3) is 3.29. The van der Waals surface area contributed by atoms with Crippen LogP contribution >= 0.6 is 0 Å². The second-order valence-corrected chi connectivity index (χ2v) is 5.89. The molecule has 2 aliphatic rings. The number of urea groups is 1. The van der Waals surface area contributed by atoms with Crippen LogP contribution in [0.4, 0.5) is 10.5 Å². The molecule has 0 radical (unpaired) electrons. The Kier molecular flexibility index (Phi) is 4.29. The number of nitrogens with zero attached hydrogens (tertiary/aromatic N) is 3. The molecule has 0 aromatic heterocycles. The number of nitrogens with one attached hydrogen (secondary N) is 1. The van der Waals surface area contributed by atoms with Gasteiger partial charge in [0.15, 0.2) is 0 Å². The Morgan fingerprint density at radius 1 is 1.10 bits per heavy atom. The molecule has 5 heteroatoms. The topological polar surface area (TPSA) is 38.8 Å². The van der Waals surface area contributed by atoms with Crippen molar-refractivity contribution in [3.8, 4) is 0 Å². The molecule has 1 aromatic carbocycles. The molecule has 0 bridgehead atoms. The van der Waals surface area contributed by atoms with Gasteiger partial charge in [-0.1, -0.05) is 18.2 Å². The number of amides is 2. The van der Waals surface area contributed by atoms with Crippen molar-refractivity contribution >= 4 is 11.7 Å². The quantitative estimate of drug-likeness (QED) is 0.898. The number of carbonyl (C=O) groups is 1. The molecule has 0 saturated carbocycles. The van der Waals surface area contributed by atoms with Crippen LogP contribution in [-0.2, 0) is 6.42 Å². The van der Waals surface area contributed by atoms with E-state index in [9.17, 15) is 4.79 Å². The van der Waals surface area contributed by atoms with Crippen LogP contribution in [0.5, 0.6) is 0 Å². The van der Waals surface area contributed by atoms with E-state index in [1.165, 1.54) is 11.3 Å². The van der Waals surface area contributed by atoms with Gasteiger partial charge in [0.05, 0.1) is 0 Å². The minimum atomic E-state index is 0.0760. The van der Waals surface area contributed by atoms with E-state index in [0.717, 1.165) is 52.2 Å². The Bertz CT molecular complexity index is 497. The van der Waals surface area contributed by atoms with Crippen molar-refractivity contribution in [3.05, 3.63) is 29.8 Å². The first kappa shape index (κ1) is 14.2. The Balaban J connectivity index is 1.66. The normalized spacial score (nSPS) is 20.0. The first-order valence-corrected chi connectivity index (χ1v) is 7.78. The average molecular weight is 288 g/mol. The predicted octanol–water partition coefficient (Wildman–Crippen LogP) is 1.01. The minimum absolute atomic E-state index is 0.0760. The van der Waals surface area contributed by atoms with Gasteiger partial charge in [0.25, 0.3) is 0 Å². The summed E-state index contributed by atoms with van der Waals surface area (Å²) in [5.74, 6) is 0. The standard InChI is InChI=1S/C16H24N4O/c1-18-10-12-19(13-11-18)15-5-3-2-4-14(15)6-8-20-9-7-17-16(20)21/h2-5H,6-13H2,1H3,(H,17,21). The van der Waals surface area contributed by atoms with Crippen LogP contribution in [0.15, 0.2) is 24.3 Å². The summed E-state index contributed by atoms with van der Waals surface area (Å²) in [5.41, 5.74) is 2.69. The zero-order valence-electron chi connectivity index (χ0n) is 12.7. The molecule has 2 fully saturated rings. The van der Waals surface area contributed by atoms with Gasteiger partial charge in [0.1, 0.15) is 0 Å². The summed E-state index contributed by atoms with van der Waals surface area (Å²) in [6.07, 6.45) is 0.927. The first-order valence-electron chi connectivity index (χ1n) is 7.78. The molecule has 2 amide bonds. The van der Waals surface area contributed by atoms with Gasteiger partial charge in [-0.3, -0.25) is 0 Å². The molecule has 2 saturated heterocycles. The lowest BCUT2D eigenvalue weighted by atomic mass is 10.1. The number of carbonyl (C=O) groups excluding carboxylic acids is 1. The Labute approximate surface area is 126 Å². The van der Waals surface area contributed by atoms with Crippen LogP contribution in [0.1, 0.15) is 5.56 Å². The highest BCUT2D eigenvalue weighted by Crippen LogP contribution is 2.22. The first-order chi connectivity index (χ1) is 10.2. The van der Waals surface area contributed by atoms with E-state index in [0.29, 0.717) is 0 Å². The smallest absolute Gasteiger partial charge is 0.317 e. The van der Waals surface area contributed by atoms with E-state index in [-0.39, 0.29) is 6.03 Å². The third-order valence-electron chi connectivity index (χ3n) is 4.43. The van der Waals surface area contributed by atoms with Crippen molar-refractivity contribution < 1.29 is 4.79 Å². The highest BCUT2D eigenvalue weighted by atomic mass is 16.2.